The van der Waals surface area contributed by atoms with Crippen molar-refractivity contribution in [2.24, 2.45) is 5.92 Å². The van der Waals surface area contributed by atoms with Crippen molar-refractivity contribution in [2.45, 2.75) is 120 Å². The second-order valence-electron chi connectivity index (χ2n) is 13.7. The van der Waals surface area contributed by atoms with Crippen LogP contribution in [0.3, 0.4) is 0 Å². The van der Waals surface area contributed by atoms with Crippen LogP contribution in [0.2, 0.25) is 0 Å². The van der Waals surface area contributed by atoms with Crippen LogP contribution in [-0.2, 0) is 20.9 Å². The van der Waals surface area contributed by atoms with Gasteiger partial charge < -0.3 is 26.0 Å². The average molecular weight is 685 g/mol. The number of nitrogens with one attached hydrogen (secondary N) is 3. The molecule has 11 nitrogen and oxygen atoms in total. The summed E-state index contributed by atoms with van der Waals surface area (Å²) in [5.41, 5.74) is 0.104. The number of aromatic nitrogens is 2. The number of halogens is 1. The van der Waals surface area contributed by atoms with Crippen molar-refractivity contribution in [3.63, 3.8) is 0 Å². The molecule has 0 bridgehead atoms. The highest BCUT2D eigenvalue weighted by molar-refractivity contribution is 8.09. The molecule has 1 saturated carbocycles. The van der Waals surface area contributed by atoms with E-state index < -0.39 is 33.5 Å². The molecule has 4 N–H and O–H groups in total. The Morgan fingerprint density at radius 1 is 1.08 bits per heavy atom. The molecule has 1 aromatic heterocycles. The van der Waals surface area contributed by atoms with Crippen LogP contribution in [0.15, 0.2) is 30.5 Å². The SMILES string of the molecule is CCC(=O)N[C@@H](C(=O)N1CCC(C)(O)CC1)[C@@H](C)c1ccc(NC(=O)[C@]2(C3CCCCCC3)SC2NC(=O)c2ccnn2CC)c(F)c1. The molecule has 4 atom stereocenters. The summed E-state index contributed by atoms with van der Waals surface area (Å²) in [6.45, 7) is 8.38. The number of thioether (sulfide) groups is 1. The zero-order chi connectivity index (χ0) is 34.6. The molecule has 262 valence electrons. The van der Waals surface area contributed by atoms with Crippen LogP contribution in [0.25, 0.3) is 0 Å². The Labute approximate surface area is 286 Å². The molecule has 3 heterocycles. The number of aliphatic hydroxyl groups is 1. The number of nitrogens with zero attached hydrogens (tertiary/aromatic N) is 3. The first-order valence-corrected chi connectivity index (χ1v) is 18.2. The van der Waals surface area contributed by atoms with Gasteiger partial charge in [0.15, 0.2) is 0 Å². The molecule has 2 aromatic rings. The minimum atomic E-state index is -0.921. The number of hydrogen-bond acceptors (Lipinski definition) is 7. The quantitative estimate of drug-likeness (QED) is 0.201. The lowest BCUT2D eigenvalue weighted by Gasteiger charge is -2.38. The average Bonchev–Trinajstić information content (AvgIpc) is 3.69. The molecule has 3 fully saturated rings. The number of anilines is 1. The highest BCUT2D eigenvalue weighted by Gasteiger charge is 2.66. The smallest absolute Gasteiger partial charge is 0.270 e. The van der Waals surface area contributed by atoms with Gasteiger partial charge in [-0.25, -0.2) is 4.39 Å². The van der Waals surface area contributed by atoms with E-state index >= 15 is 4.39 Å². The number of carbonyl (C=O) groups is 4. The zero-order valence-electron chi connectivity index (χ0n) is 28.4. The maximum Gasteiger partial charge on any atom is 0.270 e. The molecule has 2 saturated heterocycles. The molecule has 1 aliphatic carbocycles. The first-order chi connectivity index (χ1) is 22.9. The fourth-order valence-electron chi connectivity index (χ4n) is 7.05. The number of benzene rings is 1. The molecule has 2 aliphatic heterocycles. The van der Waals surface area contributed by atoms with Gasteiger partial charge in [0.2, 0.25) is 17.7 Å². The van der Waals surface area contributed by atoms with Gasteiger partial charge in [-0.15, -0.1) is 11.8 Å². The van der Waals surface area contributed by atoms with Crippen LogP contribution in [0.1, 0.15) is 107 Å². The third-order valence-electron chi connectivity index (χ3n) is 10.3. The number of amides is 4. The lowest BCUT2D eigenvalue weighted by atomic mass is 9.84. The molecule has 0 radical (unpaired) electrons. The number of rotatable bonds is 11. The van der Waals surface area contributed by atoms with Crippen molar-refractivity contribution in [3.8, 4) is 0 Å². The maximum atomic E-state index is 15.8. The van der Waals surface area contributed by atoms with Gasteiger partial charge in [-0.2, -0.15) is 5.10 Å². The maximum absolute atomic E-state index is 15.8. The molecule has 3 aliphatic rings. The number of likely N-dealkylation sites (tertiary alicyclic amines) is 1. The van der Waals surface area contributed by atoms with E-state index in [1.807, 2.05) is 6.92 Å². The molecule has 13 heteroatoms. The van der Waals surface area contributed by atoms with E-state index in [0.717, 1.165) is 38.5 Å². The van der Waals surface area contributed by atoms with E-state index in [9.17, 15) is 24.3 Å². The standard InChI is InChI=1S/C35H49FN6O5S/c1-5-28(43)39-29(31(45)41-19-16-34(4,47)17-20-41)22(3)23-13-14-26(25(36)21-23)38-32(46)35(24-11-9-7-8-10-12-24)33(48-35)40-30(44)27-15-18-37-42(27)6-2/h13-15,18,21-22,24,29,33,47H,5-12,16-17,19-20H2,1-4H3,(H,38,46)(H,39,43)(H,40,44)/t22-,29+,33?,35-/m0/s1. The van der Waals surface area contributed by atoms with Crippen molar-refractivity contribution < 1.29 is 28.7 Å². The molecular weight excluding hydrogens is 635 g/mol. The summed E-state index contributed by atoms with van der Waals surface area (Å²) in [5, 5.41) is 22.8. The van der Waals surface area contributed by atoms with E-state index in [1.54, 1.807) is 48.7 Å². The van der Waals surface area contributed by atoms with Gasteiger partial charge in [0.1, 0.15) is 27.7 Å². The van der Waals surface area contributed by atoms with Crippen molar-refractivity contribution in [3.05, 3.63) is 47.5 Å². The Balaban J connectivity index is 1.33. The Morgan fingerprint density at radius 2 is 1.77 bits per heavy atom. The minimum absolute atomic E-state index is 0.0179. The fourth-order valence-corrected chi connectivity index (χ4v) is 8.49. The molecule has 4 amide bonds. The first-order valence-electron chi connectivity index (χ1n) is 17.3. The van der Waals surface area contributed by atoms with Crippen LogP contribution in [0.5, 0.6) is 0 Å². The van der Waals surface area contributed by atoms with E-state index in [1.165, 1.54) is 23.9 Å². The summed E-state index contributed by atoms with van der Waals surface area (Å²) < 4.78 is 16.5. The lowest BCUT2D eigenvalue weighted by Crippen LogP contribution is -2.54. The van der Waals surface area contributed by atoms with Gasteiger partial charge in [-0.1, -0.05) is 45.6 Å². The molecule has 5 rings (SSSR count). The van der Waals surface area contributed by atoms with E-state index in [4.69, 9.17) is 0 Å². The van der Waals surface area contributed by atoms with Crippen molar-refractivity contribution in [2.75, 3.05) is 18.4 Å². The van der Waals surface area contributed by atoms with Crippen LogP contribution in [0, 0.1) is 11.7 Å². The summed E-state index contributed by atoms with van der Waals surface area (Å²) >= 11 is 1.41. The lowest BCUT2D eigenvalue weighted by molar-refractivity contribution is -0.140. The van der Waals surface area contributed by atoms with E-state index in [-0.39, 0.29) is 41.7 Å². The van der Waals surface area contributed by atoms with Crippen molar-refractivity contribution in [1.29, 1.82) is 0 Å². The molecule has 1 unspecified atom stereocenters. The third-order valence-corrected chi connectivity index (χ3v) is 11.9. The summed E-state index contributed by atoms with van der Waals surface area (Å²) in [4.78, 5) is 55.0. The van der Waals surface area contributed by atoms with Crippen molar-refractivity contribution in [1.82, 2.24) is 25.3 Å². The van der Waals surface area contributed by atoms with E-state index in [0.29, 0.717) is 43.7 Å². The topological polar surface area (TPSA) is 146 Å². The van der Waals surface area contributed by atoms with Crippen LogP contribution < -0.4 is 16.0 Å². The summed E-state index contributed by atoms with van der Waals surface area (Å²) in [7, 11) is 0. The third kappa shape index (κ3) is 7.72. The Hall–Kier alpha value is -3.45. The largest absolute Gasteiger partial charge is 0.390 e. The predicted molar refractivity (Wildman–Crippen MR) is 183 cm³/mol. The predicted octanol–water partition coefficient (Wildman–Crippen LogP) is 4.56. The van der Waals surface area contributed by atoms with Gasteiger partial charge in [-0.05, 0) is 69.2 Å². The summed E-state index contributed by atoms with van der Waals surface area (Å²) in [6, 6.07) is 5.21. The van der Waals surface area contributed by atoms with Crippen molar-refractivity contribution >= 4 is 41.1 Å². The number of carbonyl (C=O) groups excluding carboxylic acids is 4. The van der Waals surface area contributed by atoms with Crippen LogP contribution >= 0.6 is 11.8 Å². The minimum Gasteiger partial charge on any atom is -0.390 e. The van der Waals surface area contributed by atoms with Gasteiger partial charge in [0, 0.05) is 38.2 Å². The molecule has 1 aromatic carbocycles. The van der Waals surface area contributed by atoms with E-state index in [2.05, 4.69) is 21.0 Å². The zero-order valence-corrected chi connectivity index (χ0v) is 29.2. The normalized spacial score (nSPS) is 23.8. The van der Waals surface area contributed by atoms with Gasteiger partial charge >= 0.3 is 0 Å². The Bertz CT molecular complexity index is 1500. The molecule has 0 spiro atoms. The number of hydrogen-bond donors (Lipinski definition) is 4. The summed E-state index contributed by atoms with van der Waals surface area (Å²) in [5.74, 6) is -2.39. The van der Waals surface area contributed by atoms with Crippen LogP contribution in [-0.4, -0.2) is 78.3 Å². The Kier molecular flexibility index (Phi) is 11.2. The van der Waals surface area contributed by atoms with Crippen LogP contribution in [0.4, 0.5) is 10.1 Å². The highest BCUT2D eigenvalue weighted by Crippen LogP contribution is 2.60. The number of aryl methyl sites for hydroxylation is 1. The molecular formula is C35H49FN6O5S. The second kappa shape index (κ2) is 15.0. The van der Waals surface area contributed by atoms with Gasteiger partial charge in [0.05, 0.1) is 11.3 Å². The monoisotopic (exact) mass is 684 g/mol. The highest BCUT2D eigenvalue weighted by atomic mass is 32.2. The molecule has 48 heavy (non-hydrogen) atoms. The van der Waals surface area contributed by atoms with Gasteiger partial charge in [0.25, 0.3) is 5.91 Å². The number of piperidine rings is 1. The second-order valence-corrected chi connectivity index (χ2v) is 15.1. The first kappa shape index (κ1) is 35.8. The van der Waals surface area contributed by atoms with Gasteiger partial charge in [-0.3, -0.25) is 23.9 Å². The summed E-state index contributed by atoms with van der Waals surface area (Å²) in [6.07, 6.45) is 8.52. The Morgan fingerprint density at radius 3 is 2.40 bits per heavy atom. The fraction of sp³-hybridized carbons (Fsp3) is 0.629.